The van der Waals surface area contributed by atoms with Gasteiger partial charge in [-0.05, 0) is 62.8 Å². The lowest BCUT2D eigenvalue weighted by molar-refractivity contribution is -0.142. The maximum Gasteiger partial charge on any atom is 0.335 e. The fraction of sp³-hybridized carbons (Fsp3) is 0.675. The molecular formula is C40H64N5O14. The van der Waals surface area contributed by atoms with Gasteiger partial charge in [-0.25, -0.2) is 9.59 Å². The third-order valence-corrected chi connectivity index (χ3v) is 8.47. The van der Waals surface area contributed by atoms with E-state index in [1.54, 1.807) is 18.4 Å². The number of aromatic carboxylic acids is 1. The Kier molecular flexibility index (Phi) is 31.3. The molecule has 19 nitrogen and oxygen atoms in total. The van der Waals surface area contributed by atoms with Crippen LogP contribution in [0.1, 0.15) is 93.8 Å². The summed E-state index contributed by atoms with van der Waals surface area (Å²) < 4.78 is 26.8. The molecule has 0 fully saturated rings. The van der Waals surface area contributed by atoms with Gasteiger partial charge in [0.1, 0.15) is 25.0 Å². The van der Waals surface area contributed by atoms with Crippen molar-refractivity contribution in [2.45, 2.75) is 95.6 Å². The number of carbonyl (C=O) groups excluding carboxylic acids is 5. The predicted molar refractivity (Wildman–Crippen MR) is 214 cm³/mol. The number of amides is 4. The zero-order valence-corrected chi connectivity index (χ0v) is 34.0. The van der Waals surface area contributed by atoms with Crippen molar-refractivity contribution in [3.8, 4) is 5.75 Å². The first-order valence-electron chi connectivity index (χ1n) is 20.2. The van der Waals surface area contributed by atoms with Crippen LogP contribution in [0.2, 0.25) is 0 Å². The minimum absolute atomic E-state index is 0.0508. The van der Waals surface area contributed by atoms with E-state index in [9.17, 15) is 38.7 Å². The predicted octanol–water partition coefficient (Wildman–Crippen LogP) is 1.26. The molecule has 0 aliphatic heterocycles. The van der Waals surface area contributed by atoms with Gasteiger partial charge in [0.25, 0.3) is 0 Å². The molecule has 0 aliphatic carbocycles. The monoisotopic (exact) mass is 838 g/mol. The molecule has 59 heavy (non-hydrogen) atoms. The van der Waals surface area contributed by atoms with E-state index in [1.807, 2.05) is 0 Å². The first kappa shape index (κ1) is 52.3. The Labute approximate surface area is 346 Å². The minimum Gasteiger partial charge on any atom is -0.494 e. The molecule has 0 saturated carbocycles. The van der Waals surface area contributed by atoms with E-state index >= 15 is 0 Å². The lowest BCUT2D eigenvalue weighted by Crippen LogP contribution is -2.41. The van der Waals surface area contributed by atoms with Crippen molar-refractivity contribution in [1.29, 1.82) is 0 Å². The molecule has 1 aromatic carbocycles. The van der Waals surface area contributed by atoms with Gasteiger partial charge < -0.3 is 60.9 Å². The number of nitrogens with one attached hydrogen (secondary N) is 4. The minimum atomic E-state index is -1.21. The molecule has 0 aromatic heterocycles. The number of ether oxygens (including phenoxy) is 5. The topological polar surface area (TPSA) is 280 Å². The highest BCUT2D eigenvalue weighted by molar-refractivity contribution is 5.87. The molecule has 0 aliphatic rings. The van der Waals surface area contributed by atoms with Gasteiger partial charge in [-0.2, -0.15) is 0 Å². The van der Waals surface area contributed by atoms with E-state index in [0.717, 1.165) is 38.5 Å². The number of rotatable bonds is 39. The molecule has 8 N–H and O–H groups in total. The SMILES string of the molecule is N[C@H]([C]=O)CCCCNC(=O)COCCOCCNC(=O)COCCOCCNC(=O)CC[C@H](NC(=O)CCCCCCCCCOc1ccc(C(=O)O)cc1)C(=O)O. The molecule has 4 amide bonds. The van der Waals surface area contributed by atoms with Crippen LogP contribution >= 0.6 is 0 Å². The second-order valence-corrected chi connectivity index (χ2v) is 13.5. The Hall–Kier alpha value is -4.69. The summed E-state index contributed by atoms with van der Waals surface area (Å²) in [6.07, 6.45) is 10.0. The normalized spacial score (nSPS) is 11.9. The average molecular weight is 839 g/mol. The fourth-order valence-electron chi connectivity index (χ4n) is 5.22. The van der Waals surface area contributed by atoms with Crippen molar-refractivity contribution in [2.75, 3.05) is 79.1 Å². The Morgan fingerprint density at radius 1 is 0.576 bits per heavy atom. The third kappa shape index (κ3) is 31.0. The molecule has 0 unspecified atom stereocenters. The summed E-state index contributed by atoms with van der Waals surface area (Å²) in [7, 11) is 0. The standard InChI is InChI=1S/C40H64N5O14/c41-32(28-46)10-7-8-18-42-37(49)29-57-26-25-56-23-20-44-38(50)30-58-27-24-55-22-19-43-35(47)17-16-34(40(53)54)45-36(48)11-6-4-2-1-3-5-9-21-59-33-14-12-31(13-15-33)39(51)52/h12-15,32,34H,1-11,16-27,29-30,41H2,(H,42,49)(H,43,47)(H,44,50)(H,45,48)(H,51,52)(H,53,54)/t32-,34-/m0/s1. The highest BCUT2D eigenvalue weighted by atomic mass is 16.5. The maximum atomic E-state index is 12.3. The second kappa shape index (κ2) is 35.3. The van der Waals surface area contributed by atoms with Crippen molar-refractivity contribution in [1.82, 2.24) is 21.3 Å². The number of hydrogen-bond donors (Lipinski definition) is 7. The zero-order valence-electron chi connectivity index (χ0n) is 34.0. The summed E-state index contributed by atoms with van der Waals surface area (Å²) in [5, 5.41) is 28.9. The highest BCUT2D eigenvalue weighted by Crippen LogP contribution is 2.14. The van der Waals surface area contributed by atoms with E-state index in [4.69, 9.17) is 34.5 Å². The highest BCUT2D eigenvalue weighted by Gasteiger charge is 2.21. The van der Waals surface area contributed by atoms with Crippen molar-refractivity contribution in [3.63, 3.8) is 0 Å². The van der Waals surface area contributed by atoms with Crippen molar-refractivity contribution >= 4 is 41.9 Å². The Morgan fingerprint density at radius 2 is 1.12 bits per heavy atom. The van der Waals surface area contributed by atoms with E-state index in [1.165, 1.54) is 12.1 Å². The zero-order chi connectivity index (χ0) is 43.4. The van der Waals surface area contributed by atoms with Crippen LogP contribution in [-0.4, -0.2) is 143 Å². The average Bonchev–Trinajstić information content (AvgIpc) is 3.21. The van der Waals surface area contributed by atoms with Gasteiger partial charge in [-0.15, -0.1) is 0 Å². The number of nitrogens with two attached hydrogens (primary N) is 1. The van der Waals surface area contributed by atoms with Gasteiger partial charge in [0.05, 0.1) is 57.9 Å². The van der Waals surface area contributed by atoms with Gasteiger partial charge in [-0.1, -0.05) is 32.1 Å². The fourth-order valence-corrected chi connectivity index (χ4v) is 5.22. The molecule has 2 atom stereocenters. The number of aliphatic carboxylic acids is 1. The van der Waals surface area contributed by atoms with Gasteiger partial charge in [0.15, 0.2) is 0 Å². The Morgan fingerprint density at radius 3 is 1.69 bits per heavy atom. The number of carbonyl (C=O) groups is 6. The first-order valence-corrected chi connectivity index (χ1v) is 20.2. The van der Waals surface area contributed by atoms with Crippen LogP contribution in [0.4, 0.5) is 0 Å². The number of hydrogen-bond acceptors (Lipinski definition) is 13. The lowest BCUT2D eigenvalue weighted by Gasteiger charge is -2.14. The van der Waals surface area contributed by atoms with Crippen LogP contribution in [0, 0.1) is 0 Å². The molecule has 0 spiro atoms. The van der Waals surface area contributed by atoms with Crippen LogP contribution in [0.5, 0.6) is 5.75 Å². The number of carboxylic acid groups (broad SMARTS) is 2. The summed E-state index contributed by atoms with van der Waals surface area (Å²) in [5.74, 6) is -2.87. The van der Waals surface area contributed by atoms with E-state index in [2.05, 4.69) is 21.3 Å². The van der Waals surface area contributed by atoms with Crippen LogP contribution in [0.25, 0.3) is 0 Å². The molecule has 19 heteroatoms. The van der Waals surface area contributed by atoms with Crippen molar-refractivity contribution in [3.05, 3.63) is 29.8 Å². The molecule has 333 valence electrons. The molecule has 0 heterocycles. The van der Waals surface area contributed by atoms with Crippen molar-refractivity contribution in [2.24, 2.45) is 5.73 Å². The van der Waals surface area contributed by atoms with Crippen LogP contribution in [0.3, 0.4) is 0 Å². The summed E-state index contributed by atoms with van der Waals surface area (Å²) in [4.78, 5) is 80.9. The van der Waals surface area contributed by atoms with Crippen LogP contribution in [-0.2, 0) is 47.7 Å². The molecule has 0 saturated heterocycles. The van der Waals surface area contributed by atoms with Gasteiger partial charge in [-0.3, -0.25) is 24.0 Å². The molecule has 1 aromatic rings. The van der Waals surface area contributed by atoms with Gasteiger partial charge in [0.2, 0.25) is 29.9 Å². The smallest absolute Gasteiger partial charge is 0.335 e. The Balaban J connectivity index is 1.93. The Bertz CT molecular complexity index is 1350. The number of benzene rings is 1. The lowest BCUT2D eigenvalue weighted by atomic mass is 10.1. The molecular weight excluding hydrogens is 774 g/mol. The van der Waals surface area contributed by atoms with Gasteiger partial charge >= 0.3 is 11.9 Å². The van der Waals surface area contributed by atoms with Crippen LogP contribution in [0.15, 0.2) is 24.3 Å². The van der Waals surface area contributed by atoms with Crippen LogP contribution < -0.4 is 31.7 Å². The summed E-state index contributed by atoms with van der Waals surface area (Å²) >= 11 is 0. The van der Waals surface area contributed by atoms with E-state index in [-0.39, 0.29) is 114 Å². The quantitative estimate of drug-likeness (QED) is 0.0460. The van der Waals surface area contributed by atoms with Crippen molar-refractivity contribution < 1.29 is 67.5 Å². The largest absolute Gasteiger partial charge is 0.494 e. The molecule has 0 bridgehead atoms. The summed E-state index contributed by atoms with van der Waals surface area (Å²) in [6.45, 7) is 2.45. The summed E-state index contributed by atoms with van der Waals surface area (Å²) in [6, 6.07) is 4.53. The first-order chi connectivity index (χ1) is 28.5. The maximum absolute atomic E-state index is 12.3. The molecule has 1 rings (SSSR count). The van der Waals surface area contributed by atoms with Gasteiger partial charge in [0, 0.05) is 32.5 Å². The van der Waals surface area contributed by atoms with E-state index in [0.29, 0.717) is 44.6 Å². The third-order valence-electron chi connectivity index (χ3n) is 8.47. The van der Waals surface area contributed by atoms with E-state index < -0.39 is 24.0 Å². The number of unbranched alkanes of at least 4 members (excludes halogenated alkanes) is 7. The number of carboxylic acids is 2. The molecule has 1 radical (unpaired) electrons. The summed E-state index contributed by atoms with van der Waals surface area (Å²) in [5.41, 5.74) is 5.66. The second-order valence-electron chi connectivity index (χ2n) is 13.5.